The number of anilines is 1. The standard InChI is InChI=1S/C12H17N3O3S/c1-18-12(17)3-2-5-15-11(16)8-19-10-4-6-14-7-9(10)13/h4,6-7H,2-3,5,8,13H2,1H3,(H,15,16). The van der Waals surface area contributed by atoms with Gasteiger partial charge in [0.2, 0.25) is 5.91 Å². The molecule has 0 aromatic carbocycles. The Balaban J connectivity index is 2.18. The van der Waals surface area contributed by atoms with Crippen LogP contribution in [-0.4, -0.2) is 36.3 Å². The van der Waals surface area contributed by atoms with E-state index in [9.17, 15) is 9.59 Å². The Labute approximate surface area is 116 Å². The van der Waals surface area contributed by atoms with Crippen LogP contribution in [0.25, 0.3) is 0 Å². The number of hydrogen-bond acceptors (Lipinski definition) is 6. The Kier molecular flexibility index (Phi) is 6.73. The molecule has 0 atom stereocenters. The van der Waals surface area contributed by atoms with Crippen LogP contribution in [0.5, 0.6) is 0 Å². The second-order valence-electron chi connectivity index (χ2n) is 3.73. The zero-order chi connectivity index (χ0) is 14.1. The summed E-state index contributed by atoms with van der Waals surface area (Å²) in [6.07, 6.45) is 4.06. The van der Waals surface area contributed by atoms with E-state index in [-0.39, 0.29) is 17.6 Å². The SMILES string of the molecule is COC(=O)CCCNC(=O)CSc1ccncc1N. The van der Waals surface area contributed by atoms with Crippen molar-refractivity contribution >= 4 is 29.3 Å². The fourth-order valence-corrected chi connectivity index (χ4v) is 2.05. The number of rotatable bonds is 7. The number of aromatic nitrogens is 1. The van der Waals surface area contributed by atoms with Gasteiger partial charge in [-0.3, -0.25) is 14.6 Å². The number of nitrogen functional groups attached to an aromatic ring is 1. The molecule has 0 aliphatic rings. The van der Waals surface area contributed by atoms with E-state index >= 15 is 0 Å². The summed E-state index contributed by atoms with van der Waals surface area (Å²) in [6, 6.07) is 1.77. The Bertz CT molecular complexity index is 440. The van der Waals surface area contributed by atoms with Gasteiger partial charge in [-0.15, -0.1) is 11.8 Å². The molecular formula is C12H17N3O3S. The van der Waals surface area contributed by atoms with Gasteiger partial charge in [-0.05, 0) is 12.5 Å². The third kappa shape index (κ3) is 6.10. The van der Waals surface area contributed by atoms with E-state index in [1.165, 1.54) is 18.9 Å². The van der Waals surface area contributed by atoms with Crippen molar-refractivity contribution < 1.29 is 14.3 Å². The van der Waals surface area contributed by atoms with Crippen molar-refractivity contribution in [2.45, 2.75) is 17.7 Å². The van der Waals surface area contributed by atoms with Crippen molar-refractivity contribution in [3.05, 3.63) is 18.5 Å². The monoisotopic (exact) mass is 283 g/mol. The Hall–Kier alpha value is -1.76. The zero-order valence-electron chi connectivity index (χ0n) is 10.7. The predicted molar refractivity (Wildman–Crippen MR) is 73.6 cm³/mol. The number of amides is 1. The first-order chi connectivity index (χ1) is 9.13. The molecule has 6 nitrogen and oxygen atoms in total. The number of pyridine rings is 1. The highest BCUT2D eigenvalue weighted by Crippen LogP contribution is 2.22. The van der Waals surface area contributed by atoms with Crippen LogP contribution < -0.4 is 11.1 Å². The molecule has 1 rings (SSSR count). The van der Waals surface area contributed by atoms with Gasteiger partial charge in [-0.2, -0.15) is 0 Å². The molecule has 1 aromatic heterocycles. The number of nitrogens with two attached hydrogens (primary N) is 1. The van der Waals surface area contributed by atoms with Crippen LogP contribution in [0.4, 0.5) is 5.69 Å². The van der Waals surface area contributed by atoms with Gasteiger partial charge in [-0.1, -0.05) is 0 Å². The smallest absolute Gasteiger partial charge is 0.305 e. The van der Waals surface area contributed by atoms with Gasteiger partial charge in [0.1, 0.15) is 0 Å². The molecule has 7 heteroatoms. The number of methoxy groups -OCH3 is 1. The second kappa shape index (κ2) is 8.36. The average molecular weight is 283 g/mol. The highest BCUT2D eigenvalue weighted by atomic mass is 32.2. The van der Waals surface area contributed by atoms with Crippen molar-refractivity contribution in [2.75, 3.05) is 25.1 Å². The summed E-state index contributed by atoms with van der Waals surface area (Å²) < 4.78 is 4.50. The quantitative estimate of drug-likeness (QED) is 0.437. The zero-order valence-corrected chi connectivity index (χ0v) is 11.5. The molecule has 1 amide bonds. The first-order valence-electron chi connectivity index (χ1n) is 5.79. The van der Waals surface area contributed by atoms with Gasteiger partial charge in [0.05, 0.1) is 24.7 Å². The van der Waals surface area contributed by atoms with Crippen LogP contribution in [0, 0.1) is 0 Å². The van der Waals surface area contributed by atoms with E-state index < -0.39 is 0 Å². The van der Waals surface area contributed by atoms with E-state index in [2.05, 4.69) is 15.0 Å². The molecule has 0 saturated heterocycles. The largest absolute Gasteiger partial charge is 0.469 e. The lowest BCUT2D eigenvalue weighted by Gasteiger charge is -2.06. The van der Waals surface area contributed by atoms with Gasteiger partial charge >= 0.3 is 5.97 Å². The number of thioether (sulfide) groups is 1. The first-order valence-corrected chi connectivity index (χ1v) is 6.78. The predicted octanol–water partition coefficient (Wildman–Crippen LogP) is 0.825. The summed E-state index contributed by atoms with van der Waals surface area (Å²) in [5.74, 6) is -0.0776. The summed E-state index contributed by atoms with van der Waals surface area (Å²) in [4.78, 5) is 27.1. The summed E-state index contributed by atoms with van der Waals surface area (Å²) in [7, 11) is 1.34. The molecule has 0 bridgehead atoms. The van der Waals surface area contributed by atoms with Crippen molar-refractivity contribution in [1.82, 2.24) is 10.3 Å². The molecule has 0 radical (unpaired) electrons. The minimum atomic E-state index is -0.270. The molecular weight excluding hydrogens is 266 g/mol. The number of hydrogen-bond donors (Lipinski definition) is 2. The number of carbonyl (C=O) groups is 2. The van der Waals surface area contributed by atoms with Crippen molar-refractivity contribution in [3.63, 3.8) is 0 Å². The topological polar surface area (TPSA) is 94.3 Å². The Morgan fingerprint density at radius 3 is 3.00 bits per heavy atom. The average Bonchev–Trinajstić information content (AvgIpc) is 2.42. The van der Waals surface area contributed by atoms with E-state index in [0.717, 1.165) is 4.90 Å². The van der Waals surface area contributed by atoms with Crippen LogP contribution in [0.3, 0.4) is 0 Å². The van der Waals surface area contributed by atoms with E-state index in [1.54, 1.807) is 18.5 Å². The molecule has 1 heterocycles. The second-order valence-corrected chi connectivity index (χ2v) is 4.75. The third-order valence-electron chi connectivity index (χ3n) is 2.28. The molecule has 0 aliphatic carbocycles. The molecule has 0 aliphatic heterocycles. The summed E-state index contributed by atoms with van der Waals surface area (Å²) in [5.41, 5.74) is 6.27. The normalized spacial score (nSPS) is 9.95. The molecule has 0 spiro atoms. The molecule has 19 heavy (non-hydrogen) atoms. The number of esters is 1. The van der Waals surface area contributed by atoms with Crippen LogP contribution in [0.15, 0.2) is 23.4 Å². The number of carbonyl (C=O) groups excluding carboxylic acids is 2. The fourth-order valence-electron chi connectivity index (χ4n) is 1.28. The van der Waals surface area contributed by atoms with Crippen LogP contribution in [-0.2, 0) is 14.3 Å². The highest BCUT2D eigenvalue weighted by molar-refractivity contribution is 8.00. The van der Waals surface area contributed by atoms with E-state index in [4.69, 9.17) is 5.73 Å². The third-order valence-corrected chi connectivity index (χ3v) is 3.37. The fraction of sp³-hybridized carbons (Fsp3) is 0.417. The van der Waals surface area contributed by atoms with E-state index in [1.807, 2.05) is 0 Å². The van der Waals surface area contributed by atoms with Gasteiger partial charge in [0.15, 0.2) is 0 Å². The number of nitrogens with one attached hydrogen (secondary N) is 1. The maximum absolute atomic E-state index is 11.5. The van der Waals surface area contributed by atoms with Gasteiger partial charge in [-0.25, -0.2) is 0 Å². The summed E-state index contributed by atoms with van der Waals surface area (Å²) >= 11 is 1.36. The molecule has 1 aromatic rings. The van der Waals surface area contributed by atoms with Gasteiger partial charge in [0.25, 0.3) is 0 Å². The van der Waals surface area contributed by atoms with Gasteiger partial charge in [0, 0.05) is 24.1 Å². The lowest BCUT2D eigenvalue weighted by Crippen LogP contribution is -2.26. The van der Waals surface area contributed by atoms with Crippen LogP contribution in [0.1, 0.15) is 12.8 Å². The van der Waals surface area contributed by atoms with Gasteiger partial charge < -0.3 is 15.8 Å². The minimum absolute atomic E-state index is 0.0916. The maximum Gasteiger partial charge on any atom is 0.305 e. The summed E-state index contributed by atoms with van der Waals surface area (Å²) in [6.45, 7) is 0.459. The Morgan fingerprint density at radius 2 is 2.32 bits per heavy atom. The highest BCUT2D eigenvalue weighted by Gasteiger charge is 2.05. The molecule has 0 saturated carbocycles. The minimum Gasteiger partial charge on any atom is -0.469 e. The van der Waals surface area contributed by atoms with Crippen LogP contribution in [0.2, 0.25) is 0 Å². The van der Waals surface area contributed by atoms with E-state index in [0.29, 0.717) is 25.1 Å². The molecule has 104 valence electrons. The number of ether oxygens (including phenoxy) is 1. The van der Waals surface area contributed by atoms with Crippen molar-refractivity contribution in [2.24, 2.45) is 0 Å². The lowest BCUT2D eigenvalue weighted by atomic mass is 10.3. The number of nitrogens with zero attached hydrogens (tertiary/aromatic N) is 1. The Morgan fingerprint density at radius 1 is 1.53 bits per heavy atom. The van der Waals surface area contributed by atoms with Crippen LogP contribution >= 0.6 is 11.8 Å². The molecule has 3 N–H and O–H groups in total. The van der Waals surface area contributed by atoms with Crippen molar-refractivity contribution in [3.8, 4) is 0 Å². The summed E-state index contributed by atoms with van der Waals surface area (Å²) in [5, 5.41) is 2.73. The molecule has 0 fully saturated rings. The first kappa shape index (κ1) is 15.3. The molecule has 0 unspecified atom stereocenters. The maximum atomic E-state index is 11.5. The van der Waals surface area contributed by atoms with Crippen molar-refractivity contribution in [1.29, 1.82) is 0 Å². The lowest BCUT2D eigenvalue weighted by molar-refractivity contribution is -0.140.